The minimum absolute atomic E-state index is 0.146. The van der Waals surface area contributed by atoms with E-state index in [9.17, 15) is 14.4 Å². The van der Waals surface area contributed by atoms with Crippen molar-refractivity contribution >= 4 is 29.1 Å². The molecule has 1 amide bonds. The molecule has 0 fully saturated rings. The zero-order valence-corrected chi connectivity index (χ0v) is 31.1. The zero-order valence-electron chi connectivity index (χ0n) is 31.1. The van der Waals surface area contributed by atoms with Crippen molar-refractivity contribution in [3.63, 3.8) is 0 Å². The number of benzene rings is 2. The maximum atomic E-state index is 12.6. The first-order valence-corrected chi connectivity index (χ1v) is 17.8. The fraction of sp³-hybridized carbons (Fsp3) is 0.357. The standard InChI is InChI=1S/C22H25N3O3.C20H23N3O2/c1-14(16-7-5-4-6-8-16)9-19(27)11-18-10-17-12-23-22(24-15(2)26)21(17)20(25-18)13-28-3;1-13(14-6-4-3-5-7-14)8-17(24)10-16-9-15-11-22-20(21)19(15)18(23-16)12-25-2/h4-8,10,14H,9,11-13H2,1-3H3,(H,23,24,26);3-7,9,13H,8,10-12H2,1-2H3,(H2,21,22)/t14-;13-/m00/s1. The van der Waals surface area contributed by atoms with Gasteiger partial charge in [0.25, 0.3) is 0 Å². The number of nitrogens with two attached hydrogens (primary N) is 1. The van der Waals surface area contributed by atoms with Gasteiger partial charge in [0.1, 0.15) is 23.2 Å². The van der Waals surface area contributed by atoms with Gasteiger partial charge in [0.05, 0.1) is 37.7 Å². The summed E-state index contributed by atoms with van der Waals surface area (Å²) in [5.74, 6) is 1.54. The third-order valence-electron chi connectivity index (χ3n) is 9.20. The molecular formula is C42H48N6O5. The lowest BCUT2D eigenvalue weighted by Crippen LogP contribution is -2.29. The number of rotatable bonds is 14. The number of ketones is 2. The highest BCUT2D eigenvalue weighted by atomic mass is 16.5. The molecule has 53 heavy (non-hydrogen) atoms. The zero-order chi connectivity index (χ0) is 37.9. The third-order valence-corrected chi connectivity index (χ3v) is 9.20. The summed E-state index contributed by atoms with van der Waals surface area (Å²) in [5.41, 5.74) is 14.9. The van der Waals surface area contributed by atoms with Gasteiger partial charge in [0.2, 0.25) is 5.91 Å². The second kappa shape index (κ2) is 18.4. The largest absolute Gasteiger partial charge is 0.383 e. The predicted molar refractivity (Wildman–Crippen MR) is 205 cm³/mol. The second-order valence-corrected chi connectivity index (χ2v) is 13.6. The molecule has 6 rings (SSSR count). The van der Waals surface area contributed by atoms with Crippen LogP contribution in [0.2, 0.25) is 0 Å². The van der Waals surface area contributed by atoms with Crippen LogP contribution in [0.15, 0.2) is 82.8 Å². The number of carbonyl (C=O) groups excluding carboxylic acids is 3. The van der Waals surface area contributed by atoms with Crippen molar-refractivity contribution in [3.05, 3.63) is 129 Å². The Labute approximate surface area is 311 Å². The molecule has 0 radical (unpaired) electrons. The van der Waals surface area contributed by atoms with E-state index in [4.69, 9.17) is 15.2 Å². The third kappa shape index (κ3) is 10.4. The Morgan fingerprint density at radius 1 is 0.717 bits per heavy atom. The Morgan fingerprint density at radius 3 is 1.64 bits per heavy atom. The number of methoxy groups -OCH3 is 2. The number of nitrogens with one attached hydrogen (secondary N) is 1. The van der Waals surface area contributed by atoms with Crippen LogP contribution in [-0.4, -0.2) is 53.3 Å². The average Bonchev–Trinajstić information content (AvgIpc) is 3.71. The molecule has 3 N–H and O–H groups in total. The molecule has 0 saturated heterocycles. The molecule has 0 unspecified atom stereocenters. The quantitative estimate of drug-likeness (QED) is 0.169. The van der Waals surface area contributed by atoms with Gasteiger partial charge >= 0.3 is 0 Å². The van der Waals surface area contributed by atoms with Crippen molar-refractivity contribution in [1.29, 1.82) is 0 Å². The smallest absolute Gasteiger partial charge is 0.222 e. The molecule has 0 saturated carbocycles. The van der Waals surface area contributed by atoms with Gasteiger partial charge in [-0.3, -0.25) is 34.3 Å². The first kappa shape index (κ1) is 38.8. The number of fused-ring (bicyclic) bond motifs is 2. The van der Waals surface area contributed by atoms with Gasteiger partial charge in [-0.15, -0.1) is 0 Å². The van der Waals surface area contributed by atoms with Gasteiger partial charge in [0.15, 0.2) is 0 Å². The van der Waals surface area contributed by atoms with E-state index >= 15 is 0 Å². The summed E-state index contributed by atoms with van der Waals surface area (Å²) in [7, 11) is 3.22. The highest BCUT2D eigenvalue weighted by Gasteiger charge is 2.24. The summed E-state index contributed by atoms with van der Waals surface area (Å²) < 4.78 is 10.5. The number of amidine groups is 2. The number of Topliss-reactive ketones (excluding diaryl/α,β-unsaturated/α-hetero) is 2. The Balaban J connectivity index is 0.000000206. The van der Waals surface area contributed by atoms with Gasteiger partial charge < -0.3 is 20.5 Å². The van der Waals surface area contributed by atoms with Gasteiger partial charge in [-0.25, -0.2) is 0 Å². The van der Waals surface area contributed by atoms with E-state index < -0.39 is 0 Å². The van der Waals surface area contributed by atoms with Gasteiger partial charge in [-0.2, -0.15) is 0 Å². The molecule has 2 aromatic heterocycles. The average molecular weight is 717 g/mol. The molecule has 4 aromatic rings. The van der Waals surface area contributed by atoms with E-state index in [1.54, 1.807) is 14.2 Å². The van der Waals surface area contributed by atoms with E-state index in [1.807, 2.05) is 60.7 Å². The van der Waals surface area contributed by atoms with E-state index in [-0.39, 0.29) is 35.7 Å². The molecule has 276 valence electrons. The predicted octanol–water partition coefficient (Wildman–Crippen LogP) is 5.68. The molecule has 2 atom stereocenters. The molecule has 2 aliphatic rings. The summed E-state index contributed by atoms with van der Waals surface area (Å²) >= 11 is 0. The first-order valence-electron chi connectivity index (χ1n) is 17.8. The molecule has 11 nitrogen and oxygen atoms in total. The van der Waals surface area contributed by atoms with Crippen LogP contribution in [0.3, 0.4) is 0 Å². The number of carbonyl (C=O) groups is 3. The van der Waals surface area contributed by atoms with Crippen molar-refractivity contribution in [2.75, 3.05) is 14.2 Å². The molecule has 0 bridgehead atoms. The first-order chi connectivity index (χ1) is 25.6. The number of aliphatic imine (C=N–C) groups is 2. The van der Waals surface area contributed by atoms with Crippen LogP contribution in [0, 0.1) is 0 Å². The summed E-state index contributed by atoms with van der Waals surface area (Å²) in [5, 5.41) is 2.75. The van der Waals surface area contributed by atoms with Crippen LogP contribution >= 0.6 is 0 Å². The second-order valence-electron chi connectivity index (χ2n) is 13.6. The summed E-state index contributed by atoms with van der Waals surface area (Å²) in [6, 6.07) is 24.0. The fourth-order valence-electron chi connectivity index (χ4n) is 6.75. The highest BCUT2D eigenvalue weighted by Crippen LogP contribution is 2.26. The van der Waals surface area contributed by atoms with E-state index in [2.05, 4.69) is 51.2 Å². The number of amides is 1. The Kier molecular flexibility index (Phi) is 13.5. The number of ether oxygens (including phenoxy) is 2. The lowest BCUT2D eigenvalue weighted by atomic mass is 9.94. The summed E-state index contributed by atoms with van der Waals surface area (Å²) in [6.45, 7) is 7.25. The van der Waals surface area contributed by atoms with E-state index in [0.717, 1.165) is 44.9 Å². The topological polar surface area (TPSA) is 158 Å². The Hall–Kier alpha value is -5.39. The van der Waals surface area contributed by atoms with E-state index in [0.29, 0.717) is 62.9 Å². The number of hydrogen-bond acceptors (Lipinski definition) is 10. The van der Waals surface area contributed by atoms with Crippen LogP contribution in [0.25, 0.3) is 0 Å². The number of aromatic nitrogens is 2. The van der Waals surface area contributed by atoms with Crippen molar-refractivity contribution in [2.24, 2.45) is 15.7 Å². The van der Waals surface area contributed by atoms with Crippen LogP contribution < -0.4 is 11.1 Å². The highest BCUT2D eigenvalue weighted by molar-refractivity contribution is 6.10. The molecule has 2 aromatic carbocycles. The molecule has 0 spiro atoms. The maximum Gasteiger partial charge on any atom is 0.222 e. The van der Waals surface area contributed by atoms with Crippen molar-refractivity contribution < 1.29 is 23.9 Å². The van der Waals surface area contributed by atoms with Crippen LogP contribution in [0.1, 0.15) is 102 Å². The lowest BCUT2D eigenvalue weighted by molar-refractivity contribution is -0.119. The molecule has 4 heterocycles. The number of pyridine rings is 2. The molecule has 0 aliphatic carbocycles. The Bertz CT molecular complexity index is 1990. The van der Waals surface area contributed by atoms with E-state index in [1.165, 1.54) is 12.5 Å². The van der Waals surface area contributed by atoms with Crippen molar-refractivity contribution in [3.8, 4) is 0 Å². The summed E-state index contributed by atoms with van der Waals surface area (Å²) in [6.07, 6.45) is 1.56. The van der Waals surface area contributed by atoms with Gasteiger partial charge in [-0.05, 0) is 46.2 Å². The van der Waals surface area contributed by atoms with Crippen LogP contribution in [0.5, 0.6) is 0 Å². The normalized spacial score (nSPS) is 13.8. The lowest BCUT2D eigenvalue weighted by Gasteiger charge is -2.13. The van der Waals surface area contributed by atoms with Gasteiger partial charge in [-0.1, -0.05) is 74.5 Å². The molecule has 2 aliphatic heterocycles. The van der Waals surface area contributed by atoms with Crippen molar-refractivity contribution in [2.45, 2.75) is 84.6 Å². The SMILES string of the molecule is COCc1nc(CC(=O)C[C@H](C)c2ccccc2)cc2c1C(N)=NC2.COCc1nc(CC(=O)C[C@H](C)c2ccccc2)cc2c1C(NC(C)=O)=NC2. The minimum Gasteiger partial charge on any atom is -0.383 e. The Morgan fingerprint density at radius 2 is 1.17 bits per heavy atom. The minimum atomic E-state index is -0.177. The molecular weight excluding hydrogens is 668 g/mol. The van der Waals surface area contributed by atoms with Crippen LogP contribution in [-0.2, 0) is 63.0 Å². The monoisotopic (exact) mass is 716 g/mol. The number of hydrogen-bond donors (Lipinski definition) is 2. The van der Waals surface area contributed by atoms with Crippen LogP contribution in [0.4, 0.5) is 0 Å². The fourth-order valence-corrected chi connectivity index (χ4v) is 6.75. The van der Waals surface area contributed by atoms with Crippen molar-refractivity contribution in [1.82, 2.24) is 15.3 Å². The van der Waals surface area contributed by atoms with Gasteiger partial charge in [0, 0.05) is 69.3 Å². The maximum absolute atomic E-state index is 12.6. The molecule has 11 heteroatoms. The summed E-state index contributed by atoms with van der Waals surface area (Å²) in [4.78, 5) is 54.4. The number of nitrogens with zero attached hydrogens (tertiary/aromatic N) is 4.